The van der Waals surface area contributed by atoms with E-state index in [1.165, 1.54) is 7.11 Å². The summed E-state index contributed by atoms with van der Waals surface area (Å²) in [5.74, 6) is -0.734. The molecule has 21 heavy (non-hydrogen) atoms. The van der Waals surface area contributed by atoms with Crippen LogP contribution < -0.4 is 5.32 Å². The third-order valence-electron chi connectivity index (χ3n) is 2.87. The van der Waals surface area contributed by atoms with Gasteiger partial charge in [-0.15, -0.1) is 0 Å². The minimum atomic E-state index is -0.801. The third kappa shape index (κ3) is 5.95. The number of carbonyl (C=O) groups excluding carboxylic acids is 2. The van der Waals surface area contributed by atoms with E-state index < -0.39 is 17.4 Å². The second-order valence-corrected chi connectivity index (χ2v) is 5.80. The number of methoxy groups -OCH3 is 1. The lowest BCUT2D eigenvalue weighted by Gasteiger charge is -2.22. The molecule has 0 aromatic heterocycles. The van der Waals surface area contributed by atoms with Gasteiger partial charge in [0.25, 0.3) is 0 Å². The van der Waals surface area contributed by atoms with Crippen LogP contribution in [0.15, 0.2) is 30.3 Å². The van der Waals surface area contributed by atoms with Gasteiger partial charge in [0.15, 0.2) is 6.04 Å². The van der Waals surface area contributed by atoms with E-state index >= 15 is 0 Å². The molecule has 116 valence electrons. The molecule has 0 bridgehead atoms. The van der Waals surface area contributed by atoms with E-state index in [0.717, 1.165) is 5.56 Å². The summed E-state index contributed by atoms with van der Waals surface area (Å²) >= 11 is 0. The largest absolute Gasteiger partial charge is 0.467 e. The summed E-state index contributed by atoms with van der Waals surface area (Å²) in [6.45, 7) is 5.79. The molecule has 0 heterocycles. The van der Waals surface area contributed by atoms with Gasteiger partial charge in [0.1, 0.15) is 0 Å². The Balaban J connectivity index is 2.55. The van der Waals surface area contributed by atoms with Crippen LogP contribution in [0.3, 0.4) is 0 Å². The van der Waals surface area contributed by atoms with Gasteiger partial charge in [-0.2, -0.15) is 0 Å². The zero-order chi connectivity index (χ0) is 15.9. The highest BCUT2D eigenvalue weighted by atomic mass is 16.5. The molecule has 0 spiro atoms. The lowest BCUT2D eigenvalue weighted by Crippen LogP contribution is -2.48. The molecular weight excluding hydrogens is 270 g/mol. The SMILES string of the molecule is COC(=O)[C@@H](COCc1ccccc1)NC(=O)C(C)(C)C. The number of esters is 1. The van der Waals surface area contributed by atoms with E-state index in [9.17, 15) is 9.59 Å². The average molecular weight is 293 g/mol. The van der Waals surface area contributed by atoms with E-state index in [1.54, 1.807) is 20.8 Å². The smallest absolute Gasteiger partial charge is 0.330 e. The number of carbonyl (C=O) groups is 2. The molecule has 0 unspecified atom stereocenters. The van der Waals surface area contributed by atoms with Gasteiger partial charge in [0, 0.05) is 5.41 Å². The van der Waals surface area contributed by atoms with Crippen molar-refractivity contribution in [1.29, 1.82) is 0 Å². The summed E-state index contributed by atoms with van der Waals surface area (Å²) in [6.07, 6.45) is 0. The van der Waals surface area contributed by atoms with Gasteiger partial charge < -0.3 is 14.8 Å². The van der Waals surface area contributed by atoms with Gasteiger partial charge in [0.05, 0.1) is 20.3 Å². The normalized spacial score (nSPS) is 12.6. The molecule has 0 saturated heterocycles. The zero-order valence-electron chi connectivity index (χ0n) is 13.0. The predicted octanol–water partition coefficient (Wildman–Crippen LogP) is 1.91. The number of hydrogen-bond donors (Lipinski definition) is 1. The van der Waals surface area contributed by atoms with Crippen LogP contribution in [-0.4, -0.2) is 31.6 Å². The molecule has 0 fully saturated rings. The first-order valence-electron chi connectivity index (χ1n) is 6.85. The molecule has 1 amide bonds. The molecular formula is C16H23NO4. The van der Waals surface area contributed by atoms with Crippen molar-refractivity contribution in [3.63, 3.8) is 0 Å². The van der Waals surface area contributed by atoms with E-state index in [1.807, 2.05) is 30.3 Å². The summed E-state index contributed by atoms with van der Waals surface area (Å²) in [5.41, 5.74) is 0.425. The van der Waals surface area contributed by atoms with Crippen LogP contribution in [0.25, 0.3) is 0 Å². The molecule has 0 aliphatic heterocycles. The van der Waals surface area contributed by atoms with Gasteiger partial charge in [-0.05, 0) is 5.56 Å². The van der Waals surface area contributed by atoms with Gasteiger partial charge in [-0.1, -0.05) is 51.1 Å². The van der Waals surface area contributed by atoms with Crippen molar-refractivity contribution in [3.8, 4) is 0 Å². The fraction of sp³-hybridized carbons (Fsp3) is 0.500. The number of hydrogen-bond acceptors (Lipinski definition) is 4. The standard InChI is InChI=1S/C16H23NO4/c1-16(2,3)15(19)17-13(14(18)20-4)11-21-10-12-8-6-5-7-9-12/h5-9,13H,10-11H2,1-4H3,(H,17,19)/t13-/m1/s1. The number of rotatable bonds is 6. The first-order valence-corrected chi connectivity index (χ1v) is 6.85. The molecule has 0 saturated carbocycles. The Labute approximate surface area is 125 Å². The summed E-state index contributed by atoms with van der Waals surface area (Å²) in [5, 5.41) is 2.66. The summed E-state index contributed by atoms with van der Waals surface area (Å²) in [4.78, 5) is 23.7. The molecule has 1 atom stereocenters. The maximum absolute atomic E-state index is 12.0. The summed E-state index contributed by atoms with van der Waals surface area (Å²) < 4.78 is 10.2. The van der Waals surface area contributed by atoms with E-state index in [4.69, 9.17) is 9.47 Å². The van der Waals surface area contributed by atoms with Crippen LogP contribution in [0, 0.1) is 5.41 Å². The van der Waals surface area contributed by atoms with Gasteiger partial charge in [0.2, 0.25) is 5.91 Å². The summed E-state index contributed by atoms with van der Waals surface area (Å²) in [7, 11) is 1.29. The Morgan fingerprint density at radius 1 is 1.19 bits per heavy atom. The maximum Gasteiger partial charge on any atom is 0.330 e. The zero-order valence-corrected chi connectivity index (χ0v) is 13.0. The lowest BCUT2D eigenvalue weighted by molar-refractivity contribution is -0.148. The van der Waals surface area contributed by atoms with Crippen LogP contribution in [0.4, 0.5) is 0 Å². The lowest BCUT2D eigenvalue weighted by atomic mass is 9.95. The van der Waals surface area contributed by atoms with Crippen molar-refractivity contribution in [1.82, 2.24) is 5.32 Å². The van der Waals surface area contributed by atoms with Crippen molar-refractivity contribution < 1.29 is 19.1 Å². The first-order chi connectivity index (χ1) is 9.84. The predicted molar refractivity (Wildman–Crippen MR) is 79.5 cm³/mol. The Morgan fingerprint density at radius 3 is 2.33 bits per heavy atom. The van der Waals surface area contributed by atoms with Crippen molar-refractivity contribution >= 4 is 11.9 Å². The highest BCUT2D eigenvalue weighted by Gasteiger charge is 2.28. The van der Waals surface area contributed by atoms with Crippen molar-refractivity contribution in [2.24, 2.45) is 5.41 Å². The molecule has 5 heteroatoms. The Morgan fingerprint density at radius 2 is 1.81 bits per heavy atom. The van der Waals surface area contributed by atoms with Crippen LogP contribution in [0.1, 0.15) is 26.3 Å². The number of benzene rings is 1. The molecule has 1 aromatic carbocycles. The molecule has 1 rings (SSSR count). The van der Waals surface area contributed by atoms with E-state index in [0.29, 0.717) is 6.61 Å². The molecule has 0 aliphatic carbocycles. The van der Waals surface area contributed by atoms with Gasteiger partial charge in [-0.25, -0.2) is 4.79 Å². The minimum absolute atomic E-state index is 0.0728. The highest BCUT2D eigenvalue weighted by molar-refractivity contribution is 5.87. The quantitative estimate of drug-likeness (QED) is 0.814. The number of nitrogens with one attached hydrogen (secondary N) is 1. The van der Waals surface area contributed by atoms with Crippen molar-refractivity contribution in [3.05, 3.63) is 35.9 Å². The average Bonchev–Trinajstić information content (AvgIpc) is 2.45. The van der Waals surface area contributed by atoms with Crippen LogP contribution in [0.2, 0.25) is 0 Å². The summed E-state index contributed by atoms with van der Waals surface area (Å²) in [6, 6.07) is 8.81. The molecule has 1 N–H and O–H groups in total. The fourth-order valence-corrected chi connectivity index (χ4v) is 1.55. The number of ether oxygens (including phenoxy) is 2. The van der Waals surface area contributed by atoms with E-state index in [-0.39, 0.29) is 12.5 Å². The minimum Gasteiger partial charge on any atom is -0.467 e. The van der Waals surface area contributed by atoms with Crippen LogP contribution in [-0.2, 0) is 25.7 Å². The molecule has 5 nitrogen and oxygen atoms in total. The molecule has 0 aliphatic rings. The number of amides is 1. The fourth-order valence-electron chi connectivity index (χ4n) is 1.55. The van der Waals surface area contributed by atoms with Gasteiger partial charge >= 0.3 is 5.97 Å². The Kier molecular flexibility index (Phi) is 6.37. The van der Waals surface area contributed by atoms with E-state index in [2.05, 4.69) is 5.32 Å². The Bertz CT molecular complexity index is 465. The maximum atomic E-state index is 12.0. The Hall–Kier alpha value is -1.88. The van der Waals surface area contributed by atoms with Crippen molar-refractivity contribution in [2.45, 2.75) is 33.4 Å². The van der Waals surface area contributed by atoms with Crippen molar-refractivity contribution in [2.75, 3.05) is 13.7 Å². The second-order valence-electron chi connectivity index (χ2n) is 5.80. The monoisotopic (exact) mass is 293 g/mol. The topological polar surface area (TPSA) is 64.6 Å². The van der Waals surface area contributed by atoms with Crippen LogP contribution in [0.5, 0.6) is 0 Å². The van der Waals surface area contributed by atoms with Crippen LogP contribution >= 0.6 is 0 Å². The highest BCUT2D eigenvalue weighted by Crippen LogP contribution is 2.13. The molecule has 0 radical (unpaired) electrons. The van der Waals surface area contributed by atoms with Gasteiger partial charge in [-0.3, -0.25) is 4.79 Å². The first kappa shape index (κ1) is 17.2. The second kappa shape index (κ2) is 7.78. The molecule has 1 aromatic rings. The third-order valence-corrected chi connectivity index (χ3v) is 2.87.